The van der Waals surface area contributed by atoms with Gasteiger partial charge in [0.2, 0.25) is 0 Å². The zero-order valence-corrected chi connectivity index (χ0v) is 26.9. The van der Waals surface area contributed by atoms with Crippen LogP contribution < -0.4 is 21.2 Å². The second-order valence-electron chi connectivity index (χ2n) is 11.1. The average Bonchev–Trinajstić information content (AvgIpc) is 3.50. The lowest BCUT2D eigenvalue weighted by Gasteiger charge is -2.30. The Hall–Kier alpha value is -3.62. The molecule has 0 amide bonds. The van der Waals surface area contributed by atoms with Crippen LogP contribution in [-0.4, -0.2) is 5.66 Å². The van der Waals surface area contributed by atoms with E-state index in [1.54, 1.807) is 19.1 Å². The lowest BCUT2D eigenvalue weighted by atomic mass is 10.2. The van der Waals surface area contributed by atoms with Gasteiger partial charge in [-0.05, 0) is 97.3 Å². The molecule has 5 rings (SSSR count). The molecular formula is C35H24F12P2. The highest BCUT2D eigenvalue weighted by Crippen LogP contribution is 2.54. The molecule has 1 aliphatic carbocycles. The number of benzene rings is 4. The molecular weight excluding hydrogens is 710 g/mol. The van der Waals surface area contributed by atoms with E-state index in [0.29, 0.717) is 33.0 Å². The maximum Gasteiger partial charge on any atom is 0.416 e. The molecule has 1 aliphatic rings. The van der Waals surface area contributed by atoms with E-state index in [-0.39, 0.29) is 0 Å². The molecule has 4 aromatic rings. The third-order valence-corrected chi connectivity index (χ3v) is 13.3. The summed E-state index contributed by atoms with van der Waals surface area (Å²) in [5, 5.41) is 2.29. The average molecular weight is 735 g/mol. The fourth-order valence-corrected chi connectivity index (χ4v) is 10.9. The molecule has 0 bridgehead atoms. The Morgan fingerprint density at radius 3 is 1.02 bits per heavy atom. The molecule has 4 aromatic carbocycles. The zero-order valence-electron chi connectivity index (χ0n) is 25.1. The molecule has 14 heteroatoms. The van der Waals surface area contributed by atoms with E-state index in [1.807, 2.05) is 0 Å². The number of halogens is 12. The van der Waals surface area contributed by atoms with Crippen molar-refractivity contribution in [3.8, 4) is 0 Å². The monoisotopic (exact) mass is 734 g/mol. The highest BCUT2D eigenvalue weighted by Gasteiger charge is 2.36. The Labute approximate surface area is 275 Å². The van der Waals surface area contributed by atoms with Crippen LogP contribution in [0.5, 0.6) is 0 Å². The smallest absolute Gasteiger partial charge is 0.166 e. The van der Waals surface area contributed by atoms with E-state index < -0.39 is 68.5 Å². The number of hydrogen-bond acceptors (Lipinski definition) is 0. The van der Waals surface area contributed by atoms with Gasteiger partial charge in [0.1, 0.15) is 0 Å². The molecule has 0 spiro atoms. The van der Waals surface area contributed by atoms with Crippen molar-refractivity contribution < 1.29 is 52.7 Å². The maximum absolute atomic E-state index is 13.4. The van der Waals surface area contributed by atoms with Gasteiger partial charge in [0.05, 0.1) is 22.3 Å². The van der Waals surface area contributed by atoms with Crippen LogP contribution in [0.2, 0.25) is 0 Å². The van der Waals surface area contributed by atoms with Crippen molar-refractivity contribution in [3.05, 3.63) is 142 Å². The molecule has 0 unspecified atom stereocenters. The maximum atomic E-state index is 13.4. The molecule has 49 heavy (non-hydrogen) atoms. The van der Waals surface area contributed by atoms with Gasteiger partial charge < -0.3 is 0 Å². The summed E-state index contributed by atoms with van der Waals surface area (Å²) >= 11 is 0. The van der Waals surface area contributed by atoms with Gasteiger partial charge in [0.25, 0.3) is 0 Å². The minimum Gasteiger partial charge on any atom is -0.166 e. The Morgan fingerprint density at radius 1 is 0.449 bits per heavy atom. The summed E-state index contributed by atoms with van der Waals surface area (Å²) in [7, 11) is -3.42. The highest BCUT2D eigenvalue weighted by atomic mass is 31.1. The summed E-state index contributed by atoms with van der Waals surface area (Å²) in [6, 6.07) is 17.3. The largest absolute Gasteiger partial charge is 0.416 e. The van der Waals surface area contributed by atoms with Crippen LogP contribution in [0.3, 0.4) is 0 Å². The van der Waals surface area contributed by atoms with Gasteiger partial charge in [0.15, 0.2) is 0 Å². The van der Waals surface area contributed by atoms with Gasteiger partial charge in [0, 0.05) is 5.66 Å². The first-order valence-corrected chi connectivity index (χ1v) is 17.2. The standard InChI is InChI=1S/C35H24F12P2/c1-21(48(26-13-5-22(6-14-26)32(36,37)38)27-15-7-23(8-16-27)33(39,40)41)30-3-2-4-31(30)49(28-17-9-24(10-18-28)34(42,43)44)29-19-11-25(12-20-29)35(45,46)47/h2,4-21H,3H2,1H3/t21-/m1/s1. The Morgan fingerprint density at radius 2 is 0.735 bits per heavy atom. The van der Waals surface area contributed by atoms with E-state index in [2.05, 4.69) is 0 Å². The van der Waals surface area contributed by atoms with Gasteiger partial charge in [-0.15, -0.1) is 0 Å². The van der Waals surface area contributed by atoms with Crippen molar-refractivity contribution >= 4 is 37.1 Å². The first-order valence-electron chi connectivity index (χ1n) is 14.4. The molecule has 0 nitrogen and oxygen atoms in total. The summed E-state index contributed by atoms with van der Waals surface area (Å²) in [5.41, 5.74) is -3.48. The first kappa shape index (κ1) is 36.7. The van der Waals surface area contributed by atoms with Gasteiger partial charge in [-0.3, -0.25) is 0 Å². The fourth-order valence-electron chi connectivity index (χ4n) is 5.51. The van der Waals surface area contributed by atoms with E-state index in [0.717, 1.165) is 54.1 Å². The van der Waals surface area contributed by atoms with Crippen molar-refractivity contribution in [1.29, 1.82) is 0 Å². The van der Waals surface area contributed by atoms with E-state index in [1.165, 1.54) is 48.5 Å². The Balaban J connectivity index is 1.66. The van der Waals surface area contributed by atoms with Gasteiger partial charge in [-0.2, -0.15) is 52.7 Å². The van der Waals surface area contributed by atoms with Gasteiger partial charge in [-0.25, -0.2) is 0 Å². The predicted octanol–water partition coefficient (Wildman–Crippen LogP) is 10.9. The van der Waals surface area contributed by atoms with E-state index in [4.69, 9.17) is 0 Å². The third kappa shape index (κ3) is 8.24. The number of alkyl halides is 12. The van der Waals surface area contributed by atoms with Crippen LogP contribution in [0.15, 0.2) is 120 Å². The summed E-state index contributed by atoms with van der Waals surface area (Å²) < 4.78 is 161. The van der Waals surface area contributed by atoms with E-state index >= 15 is 0 Å². The van der Waals surface area contributed by atoms with Crippen molar-refractivity contribution in [2.45, 2.75) is 43.7 Å². The number of hydrogen-bond donors (Lipinski definition) is 0. The molecule has 0 N–H and O–H groups in total. The molecule has 0 aromatic heterocycles. The third-order valence-electron chi connectivity index (χ3n) is 7.93. The summed E-state index contributed by atoms with van der Waals surface area (Å²) in [4.78, 5) is 0. The summed E-state index contributed by atoms with van der Waals surface area (Å²) in [6.45, 7) is 1.77. The van der Waals surface area contributed by atoms with Crippen LogP contribution in [0.25, 0.3) is 0 Å². The van der Waals surface area contributed by atoms with Gasteiger partial charge in [-0.1, -0.05) is 73.2 Å². The lowest BCUT2D eigenvalue weighted by molar-refractivity contribution is -0.138. The second-order valence-corrected chi connectivity index (χ2v) is 15.8. The van der Waals surface area contributed by atoms with Crippen molar-refractivity contribution in [1.82, 2.24) is 0 Å². The summed E-state index contributed by atoms with van der Waals surface area (Å²) in [5.74, 6) is 0. The molecule has 0 fully saturated rings. The number of rotatable bonds is 7. The normalized spacial score (nSPS) is 15.1. The Bertz CT molecular complexity index is 1700. The van der Waals surface area contributed by atoms with E-state index in [9.17, 15) is 52.7 Å². The quantitative estimate of drug-likeness (QED) is 0.131. The van der Waals surface area contributed by atoms with Gasteiger partial charge >= 0.3 is 24.7 Å². The minimum atomic E-state index is -4.64. The molecule has 0 saturated carbocycles. The predicted molar refractivity (Wildman–Crippen MR) is 168 cm³/mol. The zero-order chi connectivity index (χ0) is 35.9. The second kappa shape index (κ2) is 13.6. The molecule has 0 saturated heterocycles. The minimum absolute atomic E-state index is 0.302. The fraction of sp³-hybridized carbons (Fsp3) is 0.200. The molecule has 0 radical (unpaired) electrons. The summed E-state index contributed by atoms with van der Waals surface area (Å²) in [6.07, 6.45) is -14.7. The number of allylic oxidation sites excluding steroid dienone is 4. The molecule has 258 valence electrons. The lowest BCUT2D eigenvalue weighted by Crippen LogP contribution is -2.23. The topological polar surface area (TPSA) is 0 Å². The van der Waals surface area contributed by atoms with Crippen LogP contribution in [0.4, 0.5) is 52.7 Å². The van der Waals surface area contributed by atoms with Crippen molar-refractivity contribution in [3.63, 3.8) is 0 Å². The van der Waals surface area contributed by atoms with Crippen molar-refractivity contribution in [2.24, 2.45) is 0 Å². The van der Waals surface area contributed by atoms with Crippen LogP contribution in [0.1, 0.15) is 35.6 Å². The Kier molecular flexibility index (Phi) is 10.2. The molecule has 0 heterocycles. The molecule has 1 atom stereocenters. The van der Waals surface area contributed by atoms with Crippen LogP contribution in [-0.2, 0) is 24.7 Å². The molecule has 0 aliphatic heterocycles. The van der Waals surface area contributed by atoms with Crippen LogP contribution in [0, 0.1) is 0 Å². The van der Waals surface area contributed by atoms with Crippen LogP contribution >= 0.6 is 15.8 Å². The highest BCUT2D eigenvalue weighted by molar-refractivity contribution is 7.77. The van der Waals surface area contributed by atoms with Crippen molar-refractivity contribution in [2.75, 3.05) is 0 Å². The SMILES string of the molecule is C[C@H](C1=C(P(c2ccc(C(F)(F)F)cc2)c2ccc(C(F)(F)F)cc2)C=CC1)P(c1ccc(C(F)(F)F)cc1)c1ccc(C(F)(F)F)cc1. The first-order chi connectivity index (χ1) is 22.7.